The van der Waals surface area contributed by atoms with Gasteiger partial charge in [0, 0.05) is 10.9 Å². The van der Waals surface area contributed by atoms with Gasteiger partial charge in [0.15, 0.2) is 0 Å². The lowest BCUT2D eigenvalue weighted by Gasteiger charge is -2.26. The number of nitrogens with zero attached hydrogens (tertiary/aromatic N) is 1. The first-order valence-corrected chi connectivity index (χ1v) is 13.3. The number of thiazole rings is 1. The van der Waals surface area contributed by atoms with Gasteiger partial charge < -0.3 is 0 Å². The quantitative estimate of drug-likeness (QED) is 0.285. The van der Waals surface area contributed by atoms with Crippen molar-refractivity contribution in [3.8, 4) is 11.3 Å². The Morgan fingerprint density at radius 2 is 0.968 bits per heavy atom. The summed E-state index contributed by atoms with van der Waals surface area (Å²) < 4.78 is 0. The van der Waals surface area contributed by atoms with E-state index in [2.05, 4.69) is 121 Å². The number of hydrogen-bond acceptors (Lipinski definition) is 2. The molecule has 31 heavy (non-hydrogen) atoms. The predicted molar refractivity (Wildman–Crippen MR) is 136 cm³/mol. The first-order chi connectivity index (χ1) is 15.4. The first-order valence-electron chi connectivity index (χ1n) is 10.4. The second-order valence-corrected chi connectivity index (χ2v) is 11.9. The van der Waals surface area contributed by atoms with Crippen molar-refractivity contribution in [2.75, 3.05) is 0 Å². The van der Waals surface area contributed by atoms with Crippen LogP contribution < -0.4 is 15.9 Å². The number of aromatic nitrogens is 1. The van der Waals surface area contributed by atoms with Crippen LogP contribution in [-0.2, 0) is 6.16 Å². The fourth-order valence-electron chi connectivity index (χ4n) is 4.10. The maximum absolute atomic E-state index is 5.09. The minimum absolute atomic E-state index is 0.919. The highest BCUT2D eigenvalue weighted by molar-refractivity contribution is 7.95. The third kappa shape index (κ3) is 3.97. The molecule has 0 N–H and O–H groups in total. The van der Waals surface area contributed by atoms with Crippen LogP contribution >= 0.6 is 18.6 Å². The van der Waals surface area contributed by atoms with E-state index in [1.54, 1.807) is 11.3 Å². The van der Waals surface area contributed by atoms with Crippen LogP contribution in [0.1, 0.15) is 5.01 Å². The van der Waals surface area contributed by atoms with Gasteiger partial charge in [-0.25, -0.2) is 4.98 Å². The molecule has 1 aromatic heterocycles. The van der Waals surface area contributed by atoms with Crippen LogP contribution in [0.4, 0.5) is 0 Å². The average molecular weight is 437 g/mol. The van der Waals surface area contributed by atoms with Crippen molar-refractivity contribution in [1.82, 2.24) is 4.98 Å². The van der Waals surface area contributed by atoms with Crippen molar-refractivity contribution in [2.45, 2.75) is 6.16 Å². The summed E-state index contributed by atoms with van der Waals surface area (Å²) in [5.74, 6) is 0. The highest BCUT2D eigenvalue weighted by Crippen LogP contribution is 2.58. The smallest absolute Gasteiger partial charge is 0.132 e. The highest BCUT2D eigenvalue weighted by atomic mass is 32.1. The van der Waals surface area contributed by atoms with Crippen LogP contribution in [0, 0.1) is 0 Å². The summed E-state index contributed by atoms with van der Waals surface area (Å²) >= 11 is 1.77. The lowest BCUT2D eigenvalue weighted by molar-refractivity contribution is 1.26. The van der Waals surface area contributed by atoms with Crippen molar-refractivity contribution < 1.29 is 0 Å². The van der Waals surface area contributed by atoms with E-state index in [0.29, 0.717) is 0 Å². The van der Waals surface area contributed by atoms with Gasteiger partial charge in [-0.1, -0.05) is 84.9 Å². The summed E-state index contributed by atoms with van der Waals surface area (Å²) in [5.41, 5.74) is 2.24. The van der Waals surface area contributed by atoms with E-state index in [0.717, 1.165) is 11.9 Å². The van der Waals surface area contributed by atoms with Crippen molar-refractivity contribution in [1.29, 1.82) is 0 Å². The minimum atomic E-state index is -1.91. The second-order valence-electron chi connectivity index (χ2n) is 7.47. The van der Waals surface area contributed by atoms with Gasteiger partial charge in [0.05, 0.1) is 5.69 Å². The first kappa shape index (κ1) is 19.9. The van der Waals surface area contributed by atoms with E-state index in [1.807, 2.05) is 6.07 Å². The molecule has 0 aliphatic rings. The molecule has 5 rings (SSSR count). The zero-order valence-electron chi connectivity index (χ0n) is 17.1. The molecular weight excluding hydrogens is 413 g/mol. The van der Waals surface area contributed by atoms with E-state index in [1.165, 1.54) is 26.5 Å². The van der Waals surface area contributed by atoms with Crippen LogP contribution in [0.15, 0.2) is 127 Å². The van der Waals surface area contributed by atoms with Gasteiger partial charge in [0.1, 0.15) is 34.3 Å². The molecule has 4 aromatic carbocycles. The Morgan fingerprint density at radius 3 is 1.42 bits per heavy atom. The molecule has 5 aromatic rings. The summed E-state index contributed by atoms with van der Waals surface area (Å²) in [6.45, 7) is 0. The molecule has 0 unspecified atom stereocenters. The standard InChI is InChI=1S/C28H23NPS/c1-5-13-23(14-6-1)27-22-31-28(29-27)21-30(24-15-7-2-8-16-24,25-17-9-3-10-18-25)26-19-11-4-12-20-26/h1-20,22H,21H2/q+1. The van der Waals surface area contributed by atoms with Crippen LogP contribution in [0.25, 0.3) is 11.3 Å². The van der Waals surface area contributed by atoms with E-state index < -0.39 is 7.26 Å². The van der Waals surface area contributed by atoms with E-state index >= 15 is 0 Å². The molecule has 150 valence electrons. The van der Waals surface area contributed by atoms with E-state index in [-0.39, 0.29) is 0 Å². The van der Waals surface area contributed by atoms with Crippen LogP contribution in [0.2, 0.25) is 0 Å². The Labute approximate surface area is 188 Å². The average Bonchev–Trinajstić information content (AvgIpc) is 3.33. The summed E-state index contributed by atoms with van der Waals surface area (Å²) in [4.78, 5) is 5.09. The van der Waals surface area contributed by atoms with Crippen molar-refractivity contribution in [3.63, 3.8) is 0 Å². The Hall–Kier alpha value is -3.06. The van der Waals surface area contributed by atoms with Crippen LogP contribution in [0.5, 0.6) is 0 Å². The molecule has 0 bridgehead atoms. The number of hydrogen-bond donors (Lipinski definition) is 0. The monoisotopic (exact) mass is 436 g/mol. The number of benzene rings is 4. The Kier molecular flexibility index (Phi) is 5.76. The molecule has 0 amide bonds. The van der Waals surface area contributed by atoms with Gasteiger partial charge in [-0.2, -0.15) is 0 Å². The maximum atomic E-state index is 5.09. The Balaban J connectivity index is 1.68. The third-order valence-electron chi connectivity index (χ3n) is 5.58. The van der Waals surface area contributed by atoms with Gasteiger partial charge in [0.25, 0.3) is 0 Å². The summed E-state index contributed by atoms with van der Waals surface area (Å²) in [6, 6.07) is 43.5. The van der Waals surface area contributed by atoms with Crippen molar-refractivity contribution in [2.24, 2.45) is 0 Å². The highest BCUT2D eigenvalue weighted by Gasteiger charge is 2.46. The van der Waals surface area contributed by atoms with E-state index in [9.17, 15) is 0 Å². The summed E-state index contributed by atoms with van der Waals surface area (Å²) in [5, 5.41) is 7.56. The van der Waals surface area contributed by atoms with Crippen molar-refractivity contribution >= 4 is 34.5 Å². The Bertz CT molecular complexity index is 1140. The SMILES string of the molecule is c1ccc(-c2csc(C[P+](c3ccccc3)(c3ccccc3)c3ccccc3)n2)cc1. The Morgan fingerprint density at radius 1 is 0.548 bits per heavy atom. The largest absolute Gasteiger partial charge is 0.237 e. The topological polar surface area (TPSA) is 12.9 Å². The second kappa shape index (κ2) is 8.98. The number of rotatable bonds is 6. The van der Waals surface area contributed by atoms with Gasteiger partial charge in [0.2, 0.25) is 0 Å². The molecule has 1 nitrogen and oxygen atoms in total. The molecule has 0 saturated carbocycles. The third-order valence-corrected chi connectivity index (χ3v) is 11.0. The zero-order valence-corrected chi connectivity index (χ0v) is 18.8. The maximum Gasteiger partial charge on any atom is 0.132 e. The van der Waals surface area contributed by atoms with Gasteiger partial charge in [-0.15, -0.1) is 11.3 Å². The summed E-state index contributed by atoms with van der Waals surface area (Å²) in [6.07, 6.45) is 0.919. The summed E-state index contributed by atoms with van der Waals surface area (Å²) in [7, 11) is -1.91. The van der Waals surface area contributed by atoms with Gasteiger partial charge in [-0.3, -0.25) is 0 Å². The molecule has 0 atom stereocenters. The molecule has 0 radical (unpaired) electrons. The molecule has 0 saturated heterocycles. The fraction of sp³-hybridized carbons (Fsp3) is 0.0357. The lowest BCUT2D eigenvalue weighted by atomic mass is 10.2. The van der Waals surface area contributed by atoms with Gasteiger partial charge in [-0.05, 0) is 36.4 Å². The zero-order chi connectivity index (χ0) is 20.9. The molecule has 3 heteroatoms. The normalized spacial score (nSPS) is 11.4. The molecule has 0 fully saturated rings. The molecule has 0 spiro atoms. The lowest BCUT2D eigenvalue weighted by Crippen LogP contribution is -2.32. The fourth-order valence-corrected chi connectivity index (χ4v) is 9.52. The van der Waals surface area contributed by atoms with Crippen molar-refractivity contribution in [3.05, 3.63) is 132 Å². The molecule has 0 aliphatic carbocycles. The predicted octanol–water partition coefficient (Wildman–Crippen LogP) is 6.30. The molecule has 0 aliphatic heterocycles. The van der Waals surface area contributed by atoms with Gasteiger partial charge >= 0.3 is 0 Å². The minimum Gasteiger partial charge on any atom is -0.237 e. The molecular formula is C28H23NPS+. The van der Waals surface area contributed by atoms with E-state index in [4.69, 9.17) is 4.98 Å². The molecule has 1 heterocycles. The van der Waals surface area contributed by atoms with Crippen LogP contribution in [-0.4, -0.2) is 4.98 Å². The van der Waals surface area contributed by atoms with Crippen LogP contribution in [0.3, 0.4) is 0 Å².